The predicted molar refractivity (Wildman–Crippen MR) is 167 cm³/mol. The number of methoxy groups -OCH3 is 1. The summed E-state index contributed by atoms with van der Waals surface area (Å²) in [7, 11) is 1.11. The zero-order chi connectivity index (χ0) is 32.7. The highest BCUT2D eigenvalue weighted by molar-refractivity contribution is 6.37. The Labute approximate surface area is 260 Å². The third-order valence-electron chi connectivity index (χ3n) is 8.72. The van der Waals surface area contributed by atoms with Gasteiger partial charge in [-0.25, -0.2) is 0 Å². The van der Waals surface area contributed by atoms with Crippen LogP contribution in [0.3, 0.4) is 0 Å². The van der Waals surface area contributed by atoms with Crippen molar-refractivity contribution < 1.29 is 24.9 Å². The van der Waals surface area contributed by atoms with E-state index >= 15 is 0 Å². The topological polar surface area (TPSA) is 193 Å². The molecule has 0 saturated heterocycles. The highest BCUT2D eigenvalue weighted by atomic mass is 35.5. The summed E-state index contributed by atoms with van der Waals surface area (Å²) >= 11 is 6.79. The Kier molecular flexibility index (Phi) is 6.39. The number of aliphatic hydroxyl groups excluding tert-OH is 2. The molecule has 46 heavy (non-hydrogen) atoms. The number of rotatable bonds is 5. The maximum Gasteiger partial charge on any atom is 0.260 e. The summed E-state index contributed by atoms with van der Waals surface area (Å²) in [6.07, 6.45) is 1.12. The molecular weight excluding hydrogens is 620 g/mol. The summed E-state index contributed by atoms with van der Waals surface area (Å²) in [5, 5.41) is 35.6. The molecule has 4 N–H and O–H groups in total. The Balaban J connectivity index is 1.44. The lowest BCUT2D eigenvalue weighted by atomic mass is 9.78. The fourth-order valence-electron chi connectivity index (χ4n) is 6.66. The van der Waals surface area contributed by atoms with E-state index in [9.17, 15) is 39.3 Å². The first-order valence-corrected chi connectivity index (χ1v) is 14.3. The van der Waals surface area contributed by atoms with Crippen LogP contribution in [0.4, 0.5) is 0 Å². The summed E-state index contributed by atoms with van der Waals surface area (Å²) in [5.74, 6) is -2.75. The number of nitrogens with one attached hydrogen (secondary N) is 1. The first-order valence-electron chi connectivity index (χ1n) is 13.9. The van der Waals surface area contributed by atoms with Gasteiger partial charge in [0.2, 0.25) is 16.3 Å². The van der Waals surface area contributed by atoms with E-state index in [2.05, 4.69) is 10.1 Å². The van der Waals surface area contributed by atoms with Gasteiger partial charge < -0.3 is 29.9 Å². The first-order chi connectivity index (χ1) is 22.0. The van der Waals surface area contributed by atoms with E-state index in [1.54, 1.807) is 0 Å². The number of halogens is 1. The Bertz CT molecular complexity index is 2680. The lowest BCUT2D eigenvalue weighted by molar-refractivity contribution is 0.132. The van der Waals surface area contributed by atoms with Crippen molar-refractivity contribution in [2.45, 2.75) is 24.9 Å². The molecule has 13 heteroatoms. The summed E-state index contributed by atoms with van der Waals surface area (Å²) < 4.78 is 4.90. The van der Waals surface area contributed by atoms with E-state index in [1.807, 2.05) is 30.3 Å². The second-order valence-corrected chi connectivity index (χ2v) is 11.4. The molecule has 0 aliphatic heterocycles. The Hall–Kier alpha value is -5.75. The number of aromatic hydroxyl groups is 1. The number of hydrogen-bond acceptors (Lipinski definition) is 11. The fraction of sp³-hybridized carbons (Fsp3) is 0.152. The van der Waals surface area contributed by atoms with Crippen molar-refractivity contribution in [2.24, 2.45) is 5.16 Å². The van der Waals surface area contributed by atoms with Crippen LogP contribution in [0.15, 0.2) is 71.6 Å². The van der Waals surface area contributed by atoms with E-state index in [1.165, 1.54) is 12.3 Å². The van der Waals surface area contributed by atoms with E-state index in [0.29, 0.717) is 0 Å². The summed E-state index contributed by atoms with van der Waals surface area (Å²) in [4.78, 5) is 74.2. The standard InChI is InChI=1S/C33H21ClN2O10/c1-45-18-10-17(37)20-21(26(18)38)28(40)23-22(27(20)39)30(42)33(31(23)43)8-7-15-24(33)29(41)19-16(25(15)34)9-14(36-32(19)44)11-35-46-12-13-5-3-2-4-6-13/h2-6,9-11,41-43H,7-8,12H2,1H3,(H,36,44)/b35-11+/t33-/m0/s1. The molecule has 230 valence electrons. The zero-order valence-electron chi connectivity index (χ0n) is 23.8. The van der Waals surface area contributed by atoms with Crippen LogP contribution in [0.25, 0.3) is 22.3 Å². The van der Waals surface area contributed by atoms with Gasteiger partial charge in [-0.2, -0.15) is 0 Å². The Morgan fingerprint density at radius 1 is 0.935 bits per heavy atom. The van der Waals surface area contributed by atoms with Crippen molar-refractivity contribution in [2.75, 3.05) is 7.11 Å². The van der Waals surface area contributed by atoms with Crippen molar-refractivity contribution in [1.29, 1.82) is 0 Å². The van der Waals surface area contributed by atoms with Gasteiger partial charge in [0.25, 0.3) is 5.56 Å². The van der Waals surface area contributed by atoms with Crippen LogP contribution < -0.4 is 42.4 Å². The van der Waals surface area contributed by atoms with Crippen LogP contribution in [0.1, 0.15) is 28.8 Å². The minimum absolute atomic E-state index is 0.0189. The summed E-state index contributed by atoms with van der Waals surface area (Å²) in [5.41, 5.74) is -6.04. The van der Waals surface area contributed by atoms with Crippen molar-refractivity contribution in [3.63, 3.8) is 0 Å². The minimum atomic E-state index is -2.07. The highest BCUT2D eigenvalue weighted by Crippen LogP contribution is 2.56. The smallest absolute Gasteiger partial charge is 0.260 e. The second-order valence-electron chi connectivity index (χ2n) is 11.0. The largest absolute Gasteiger partial charge is 0.510 e. The number of H-pyrrole nitrogens is 1. The van der Waals surface area contributed by atoms with E-state index < -0.39 is 76.6 Å². The third-order valence-corrected chi connectivity index (χ3v) is 9.15. The van der Waals surface area contributed by atoms with Crippen LogP contribution >= 0.6 is 11.6 Å². The normalized spacial score (nSPS) is 17.0. The van der Waals surface area contributed by atoms with Gasteiger partial charge in [-0.15, -0.1) is 0 Å². The SMILES string of the molecule is COc1cc(=O)c2c(=O)c3c(c(=O)c=2c1=O)=C(O)[C@]1(CCc2c1c(O)c1c(=O)[nH]c(/C=N/OCc4ccccc4)cc1c2Cl)C=3O. The van der Waals surface area contributed by atoms with E-state index in [0.717, 1.165) is 18.7 Å². The number of aromatic amines is 1. The predicted octanol–water partition coefficient (Wildman–Crippen LogP) is 0.718. The van der Waals surface area contributed by atoms with Gasteiger partial charge in [0.05, 0.1) is 50.3 Å². The summed E-state index contributed by atoms with van der Waals surface area (Å²) in [6.45, 7) is 0.181. The number of aromatic nitrogens is 1. The monoisotopic (exact) mass is 640 g/mol. The van der Waals surface area contributed by atoms with Crippen LogP contribution in [-0.4, -0.2) is 33.6 Å². The average Bonchev–Trinajstić information content (AvgIpc) is 3.55. The summed E-state index contributed by atoms with van der Waals surface area (Å²) in [6, 6.07) is 11.5. The van der Waals surface area contributed by atoms with Gasteiger partial charge >= 0.3 is 0 Å². The molecule has 3 aromatic rings. The van der Waals surface area contributed by atoms with E-state index in [4.69, 9.17) is 21.2 Å². The molecule has 0 bridgehead atoms. The number of aliphatic hydroxyl groups is 2. The molecule has 0 saturated carbocycles. The number of phenolic OH excluding ortho intramolecular Hbond substituents is 1. The number of oxime groups is 1. The molecule has 12 nitrogen and oxygen atoms in total. The van der Waals surface area contributed by atoms with Gasteiger partial charge in [-0.05, 0) is 30.0 Å². The lowest BCUT2D eigenvalue weighted by Gasteiger charge is -2.27. The number of pyridine rings is 1. The number of hydrogen-bond donors (Lipinski definition) is 4. The molecule has 2 aromatic carbocycles. The van der Waals surface area contributed by atoms with E-state index in [-0.39, 0.29) is 52.1 Å². The Morgan fingerprint density at radius 3 is 2.28 bits per heavy atom. The molecule has 0 radical (unpaired) electrons. The maximum absolute atomic E-state index is 13.7. The van der Waals surface area contributed by atoms with Crippen molar-refractivity contribution in [3.8, 4) is 11.5 Å². The molecule has 0 fully saturated rings. The van der Waals surface area contributed by atoms with Crippen molar-refractivity contribution in [3.05, 3.63) is 142 Å². The van der Waals surface area contributed by atoms with Gasteiger partial charge in [0, 0.05) is 17.0 Å². The first kappa shape index (κ1) is 29.0. The molecular formula is C33H21ClN2O10. The lowest BCUT2D eigenvalue weighted by Crippen LogP contribution is -2.51. The highest BCUT2D eigenvalue weighted by Gasteiger charge is 2.53. The molecule has 1 aromatic heterocycles. The van der Waals surface area contributed by atoms with Gasteiger partial charge in [0.15, 0.2) is 11.2 Å². The van der Waals surface area contributed by atoms with Crippen LogP contribution in [0.2, 0.25) is 5.02 Å². The maximum atomic E-state index is 13.7. The average molecular weight is 641 g/mol. The number of fused-ring (bicyclic) bond motifs is 4. The van der Waals surface area contributed by atoms with Crippen molar-refractivity contribution in [1.82, 2.24) is 4.98 Å². The molecule has 1 spiro atoms. The van der Waals surface area contributed by atoms with Gasteiger partial charge in [-0.1, -0.05) is 47.1 Å². The second kappa shape index (κ2) is 10.1. The quantitative estimate of drug-likeness (QED) is 0.157. The molecule has 0 amide bonds. The molecule has 0 unspecified atom stereocenters. The minimum Gasteiger partial charge on any atom is -0.510 e. The van der Waals surface area contributed by atoms with Gasteiger partial charge in [-0.3, -0.25) is 24.0 Å². The van der Waals surface area contributed by atoms with Crippen LogP contribution in [0.5, 0.6) is 11.5 Å². The number of phenols is 1. The molecule has 4 aliphatic rings. The van der Waals surface area contributed by atoms with Crippen LogP contribution in [0, 0.1) is 10.4 Å². The fourth-order valence-corrected chi connectivity index (χ4v) is 7.00. The number of nitrogens with zero attached hydrogens (tertiary/aromatic N) is 1. The molecule has 1 heterocycles. The number of benzene rings is 2. The third kappa shape index (κ3) is 3.73. The number of ether oxygens (including phenoxy) is 1. The van der Waals surface area contributed by atoms with Crippen LogP contribution in [-0.2, 0) is 23.3 Å². The zero-order valence-corrected chi connectivity index (χ0v) is 24.5. The van der Waals surface area contributed by atoms with Gasteiger partial charge in [0.1, 0.15) is 29.3 Å². The molecule has 4 aliphatic carbocycles. The van der Waals surface area contributed by atoms with Crippen molar-refractivity contribution >= 4 is 40.1 Å². The Morgan fingerprint density at radius 2 is 1.61 bits per heavy atom. The molecule has 7 rings (SSSR count). The molecule has 1 atom stereocenters.